The highest BCUT2D eigenvalue weighted by atomic mass is 16.5. The average molecular weight is 406 g/mol. The molecule has 12 heteroatoms. The number of rotatable bonds is 11. The number of methoxy groups -OCH3 is 1. The van der Waals surface area contributed by atoms with Gasteiger partial charge in [0.2, 0.25) is 5.91 Å². The van der Waals surface area contributed by atoms with Crippen LogP contribution in [0.1, 0.15) is 13.3 Å². The molecule has 2 aromatic rings. The molecule has 2 rings (SSSR count). The van der Waals surface area contributed by atoms with Gasteiger partial charge in [-0.2, -0.15) is 0 Å². The average Bonchev–Trinajstić information content (AvgIpc) is 3.09. The van der Waals surface area contributed by atoms with Crippen molar-refractivity contribution in [3.8, 4) is 0 Å². The van der Waals surface area contributed by atoms with Gasteiger partial charge in [0.25, 0.3) is 0 Å². The van der Waals surface area contributed by atoms with E-state index in [1.807, 2.05) is 0 Å². The number of nitrogen functional groups attached to an aromatic ring is 1. The summed E-state index contributed by atoms with van der Waals surface area (Å²) in [5.74, 6) is -1.89. The van der Waals surface area contributed by atoms with Gasteiger partial charge < -0.3 is 31.4 Å². The van der Waals surface area contributed by atoms with E-state index >= 15 is 0 Å². The van der Waals surface area contributed by atoms with Gasteiger partial charge in [-0.3, -0.25) is 14.4 Å². The Hall–Kier alpha value is -2.96. The minimum absolute atomic E-state index is 0.0394. The Morgan fingerprint density at radius 3 is 2.62 bits per heavy atom. The first-order chi connectivity index (χ1) is 13.8. The Labute approximate surface area is 167 Å². The van der Waals surface area contributed by atoms with Gasteiger partial charge in [-0.05, 0) is 6.92 Å². The highest BCUT2D eigenvalue weighted by molar-refractivity contribution is 6.03. The third-order valence-corrected chi connectivity index (χ3v) is 4.48. The number of nitrogens with two attached hydrogens (primary N) is 3. The summed E-state index contributed by atoms with van der Waals surface area (Å²) in [4.78, 5) is 50.7. The number of Topliss-reactive ketones (excluding diaryl/α,β-unsaturated/α-hetero) is 2. The molecule has 0 aliphatic rings. The van der Waals surface area contributed by atoms with E-state index in [2.05, 4.69) is 15.0 Å². The number of amides is 1. The molecule has 0 aliphatic carbocycles. The molecule has 158 valence electrons. The third-order valence-electron chi connectivity index (χ3n) is 4.48. The SMILES string of the molecule is COC(N)CC(C(C)=O)C(=O)CN(CCN)C(=O)Cn1cnc2c(N)ncnc21. The van der Waals surface area contributed by atoms with Gasteiger partial charge in [0, 0.05) is 26.6 Å². The van der Waals surface area contributed by atoms with Crippen molar-refractivity contribution in [3.63, 3.8) is 0 Å². The van der Waals surface area contributed by atoms with Crippen molar-refractivity contribution in [2.75, 3.05) is 32.5 Å². The monoisotopic (exact) mass is 406 g/mol. The van der Waals surface area contributed by atoms with Crippen molar-refractivity contribution < 1.29 is 19.1 Å². The molecule has 2 heterocycles. The Bertz CT molecular complexity index is 883. The van der Waals surface area contributed by atoms with Crippen LogP contribution < -0.4 is 17.2 Å². The first kappa shape index (κ1) is 22.3. The highest BCUT2D eigenvalue weighted by Gasteiger charge is 2.28. The lowest BCUT2D eigenvalue weighted by molar-refractivity contribution is -0.140. The van der Waals surface area contributed by atoms with E-state index in [-0.39, 0.29) is 50.1 Å². The summed E-state index contributed by atoms with van der Waals surface area (Å²) < 4.78 is 6.45. The minimum atomic E-state index is -0.959. The zero-order valence-corrected chi connectivity index (χ0v) is 16.4. The molecule has 2 unspecified atom stereocenters. The lowest BCUT2D eigenvalue weighted by atomic mass is 9.94. The van der Waals surface area contributed by atoms with E-state index in [1.165, 1.54) is 36.2 Å². The van der Waals surface area contributed by atoms with Crippen molar-refractivity contribution >= 4 is 34.5 Å². The van der Waals surface area contributed by atoms with Crippen molar-refractivity contribution in [3.05, 3.63) is 12.7 Å². The summed E-state index contributed by atoms with van der Waals surface area (Å²) in [6.45, 7) is 1.22. The minimum Gasteiger partial charge on any atom is -0.382 e. The molecule has 0 aliphatic heterocycles. The van der Waals surface area contributed by atoms with Crippen molar-refractivity contribution in [1.82, 2.24) is 24.4 Å². The lowest BCUT2D eigenvalue weighted by Gasteiger charge is -2.24. The Kier molecular flexibility index (Phi) is 7.70. The van der Waals surface area contributed by atoms with Crippen LogP contribution in [0.2, 0.25) is 0 Å². The number of carbonyl (C=O) groups is 3. The topological polar surface area (TPSA) is 185 Å². The van der Waals surface area contributed by atoms with Crippen LogP contribution in [0.25, 0.3) is 11.2 Å². The van der Waals surface area contributed by atoms with Crippen LogP contribution >= 0.6 is 0 Å². The van der Waals surface area contributed by atoms with Crippen LogP contribution in [-0.4, -0.2) is 74.9 Å². The van der Waals surface area contributed by atoms with Gasteiger partial charge in [-0.25, -0.2) is 15.0 Å². The number of carbonyl (C=O) groups excluding carboxylic acids is 3. The number of imidazole rings is 1. The molecule has 2 aromatic heterocycles. The number of aromatic nitrogens is 4. The van der Waals surface area contributed by atoms with Crippen molar-refractivity contribution in [1.29, 1.82) is 0 Å². The van der Waals surface area contributed by atoms with Gasteiger partial charge in [-0.1, -0.05) is 0 Å². The maximum Gasteiger partial charge on any atom is 0.243 e. The fraction of sp³-hybridized carbons (Fsp3) is 0.529. The number of ketones is 2. The van der Waals surface area contributed by atoms with E-state index in [1.54, 1.807) is 0 Å². The van der Waals surface area contributed by atoms with Crippen LogP contribution in [0.5, 0.6) is 0 Å². The molecule has 29 heavy (non-hydrogen) atoms. The smallest absolute Gasteiger partial charge is 0.243 e. The predicted molar refractivity (Wildman–Crippen MR) is 104 cm³/mol. The molecule has 0 fully saturated rings. The zero-order chi connectivity index (χ0) is 21.6. The van der Waals surface area contributed by atoms with Gasteiger partial charge in [0.1, 0.15) is 30.4 Å². The van der Waals surface area contributed by atoms with E-state index in [9.17, 15) is 14.4 Å². The molecule has 0 spiro atoms. The fourth-order valence-electron chi connectivity index (χ4n) is 2.86. The molecule has 0 saturated carbocycles. The first-order valence-electron chi connectivity index (χ1n) is 8.99. The van der Waals surface area contributed by atoms with Gasteiger partial charge >= 0.3 is 0 Å². The molecular weight excluding hydrogens is 380 g/mol. The molecular formula is C17H26N8O4. The van der Waals surface area contributed by atoms with Crippen molar-refractivity contribution in [2.24, 2.45) is 17.4 Å². The van der Waals surface area contributed by atoms with Gasteiger partial charge in [-0.15, -0.1) is 0 Å². The Balaban J connectivity index is 2.14. The van der Waals surface area contributed by atoms with Gasteiger partial charge in [0.05, 0.1) is 18.8 Å². The standard InChI is InChI=1S/C17H26N8O4/c1-10(26)11(5-13(19)29-2)12(27)6-24(4-3-18)14(28)7-25-9-23-15-16(20)21-8-22-17(15)25/h8-9,11,13H,3-7,18-19H2,1-2H3,(H2,20,21,22). The second-order valence-corrected chi connectivity index (χ2v) is 6.55. The molecule has 0 saturated heterocycles. The molecule has 6 N–H and O–H groups in total. The molecule has 12 nitrogen and oxygen atoms in total. The second-order valence-electron chi connectivity index (χ2n) is 6.55. The van der Waals surface area contributed by atoms with Crippen LogP contribution in [0.4, 0.5) is 5.82 Å². The molecule has 0 aromatic carbocycles. The number of hydrogen-bond acceptors (Lipinski definition) is 10. The summed E-state index contributed by atoms with van der Waals surface area (Å²) in [6, 6.07) is 0. The van der Waals surface area contributed by atoms with Crippen molar-refractivity contribution in [2.45, 2.75) is 26.1 Å². The van der Waals surface area contributed by atoms with Crippen LogP contribution in [0.3, 0.4) is 0 Å². The summed E-state index contributed by atoms with van der Waals surface area (Å²) in [5, 5.41) is 0. The summed E-state index contributed by atoms with van der Waals surface area (Å²) in [7, 11) is 1.39. The largest absolute Gasteiger partial charge is 0.382 e. The maximum absolute atomic E-state index is 12.8. The van der Waals surface area contributed by atoms with E-state index in [4.69, 9.17) is 21.9 Å². The number of fused-ring (bicyclic) bond motifs is 1. The number of hydrogen-bond donors (Lipinski definition) is 3. The van der Waals surface area contributed by atoms with Crippen LogP contribution in [0.15, 0.2) is 12.7 Å². The maximum atomic E-state index is 12.8. The van der Waals surface area contributed by atoms with Gasteiger partial charge in [0.15, 0.2) is 17.2 Å². The van der Waals surface area contributed by atoms with Crippen LogP contribution in [-0.2, 0) is 25.7 Å². The Morgan fingerprint density at radius 1 is 1.28 bits per heavy atom. The van der Waals surface area contributed by atoms with E-state index in [0.717, 1.165) is 0 Å². The summed E-state index contributed by atoms with van der Waals surface area (Å²) in [6.07, 6.45) is 1.98. The highest BCUT2D eigenvalue weighted by Crippen LogP contribution is 2.15. The fourth-order valence-corrected chi connectivity index (χ4v) is 2.86. The summed E-state index contributed by atoms with van der Waals surface area (Å²) >= 11 is 0. The molecule has 1 amide bonds. The van der Waals surface area contributed by atoms with Crippen LogP contribution in [0, 0.1) is 5.92 Å². The van der Waals surface area contributed by atoms with E-state index < -0.39 is 17.9 Å². The Morgan fingerprint density at radius 2 is 2.00 bits per heavy atom. The lowest BCUT2D eigenvalue weighted by Crippen LogP contribution is -2.44. The number of nitrogens with zero attached hydrogens (tertiary/aromatic N) is 5. The number of ether oxygens (including phenoxy) is 1. The van der Waals surface area contributed by atoms with E-state index in [0.29, 0.717) is 11.2 Å². The normalized spacial score (nSPS) is 13.2. The quantitative estimate of drug-likeness (QED) is 0.286. The third kappa shape index (κ3) is 5.53. The number of anilines is 1. The molecule has 2 atom stereocenters. The predicted octanol–water partition coefficient (Wildman–Crippen LogP) is -1.71. The second kappa shape index (κ2) is 10.0. The zero-order valence-electron chi connectivity index (χ0n) is 16.4. The molecule has 0 bridgehead atoms. The molecule has 0 radical (unpaired) electrons. The summed E-state index contributed by atoms with van der Waals surface area (Å²) in [5.41, 5.74) is 17.8. The first-order valence-corrected chi connectivity index (χ1v) is 8.99.